The molecule has 1 heteroatoms. The molecule has 1 nitrogen and oxygen atoms in total. The summed E-state index contributed by atoms with van der Waals surface area (Å²) in [5, 5.41) is 0. The molecule has 0 aromatic rings. The van der Waals surface area contributed by atoms with Gasteiger partial charge in [0.15, 0.2) is 0 Å². The SMILES string of the molecule is C=C(CCC)CCC(C)C(C)=O. The molecule has 0 rings (SSSR count). The molecule has 0 radical (unpaired) electrons. The minimum Gasteiger partial charge on any atom is -0.300 e. The number of hydrogen-bond donors (Lipinski definition) is 0. The van der Waals surface area contributed by atoms with Crippen molar-refractivity contribution in [2.24, 2.45) is 5.92 Å². The molecule has 0 aromatic carbocycles. The molecule has 0 heterocycles. The molecule has 0 aliphatic rings. The van der Waals surface area contributed by atoms with Crippen molar-refractivity contribution in [3.63, 3.8) is 0 Å². The zero-order valence-electron chi connectivity index (χ0n) is 8.52. The minimum atomic E-state index is 0.207. The summed E-state index contributed by atoms with van der Waals surface area (Å²) in [5.74, 6) is 0.498. The fourth-order valence-electron chi connectivity index (χ4n) is 1.10. The van der Waals surface area contributed by atoms with Gasteiger partial charge in [-0.15, -0.1) is 0 Å². The Morgan fingerprint density at radius 3 is 2.42 bits per heavy atom. The lowest BCUT2D eigenvalue weighted by molar-refractivity contribution is -0.120. The van der Waals surface area contributed by atoms with Gasteiger partial charge in [-0.25, -0.2) is 0 Å². The predicted molar refractivity (Wildman–Crippen MR) is 53.1 cm³/mol. The molecule has 0 saturated carbocycles. The van der Waals surface area contributed by atoms with Gasteiger partial charge < -0.3 is 0 Å². The minimum absolute atomic E-state index is 0.207. The van der Waals surface area contributed by atoms with Crippen LogP contribution in [0.2, 0.25) is 0 Å². The third-order valence-corrected chi connectivity index (χ3v) is 2.23. The maximum atomic E-state index is 10.9. The highest BCUT2D eigenvalue weighted by Crippen LogP contribution is 2.14. The van der Waals surface area contributed by atoms with E-state index in [2.05, 4.69) is 13.5 Å². The van der Waals surface area contributed by atoms with E-state index >= 15 is 0 Å². The molecule has 0 saturated heterocycles. The third-order valence-electron chi connectivity index (χ3n) is 2.23. The quantitative estimate of drug-likeness (QED) is 0.556. The van der Waals surface area contributed by atoms with Gasteiger partial charge in [-0.1, -0.05) is 32.4 Å². The topological polar surface area (TPSA) is 17.1 Å². The molecule has 1 unspecified atom stereocenters. The Morgan fingerprint density at radius 1 is 1.42 bits per heavy atom. The van der Waals surface area contributed by atoms with Gasteiger partial charge in [-0.2, -0.15) is 0 Å². The second-order valence-corrected chi connectivity index (χ2v) is 3.55. The Morgan fingerprint density at radius 2 is 2.00 bits per heavy atom. The Labute approximate surface area is 75.9 Å². The van der Waals surface area contributed by atoms with Crippen LogP contribution in [0.25, 0.3) is 0 Å². The van der Waals surface area contributed by atoms with Crippen LogP contribution >= 0.6 is 0 Å². The van der Waals surface area contributed by atoms with Crippen molar-refractivity contribution in [3.05, 3.63) is 12.2 Å². The average molecular weight is 168 g/mol. The number of ketones is 1. The third kappa shape index (κ3) is 5.11. The molecular formula is C11H20O. The van der Waals surface area contributed by atoms with Crippen LogP contribution in [-0.2, 0) is 4.79 Å². The first-order chi connectivity index (χ1) is 5.57. The van der Waals surface area contributed by atoms with Gasteiger partial charge in [0.1, 0.15) is 5.78 Å². The number of hydrogen-bond acceptors (Lipinski definition) is 1. The summed E-state index contributed by atoms with van der Waals surface area (Å²) in [6, 6.07) is 0. The highest BCUT2D eigenvalue weighted by Gasteiger charge is 2.07. The van der Waals surface area contributed by atoms with E-state index < -0.39 is 0 Å². The van der Waals surface area contributed by atoms with Crippen molar-refractivity contribution in [3.8, 4) is 0 Å². The molecule has 0 aliphatic heterocycles. The normalized spacial score (nSPS) is 12.6. The molecule has 0 amide bonds. The smallest absolute Gasteiger partial charge is 0.132 e. The number of rotatable bonds is 6. The van der Waals surface area contributed by atoms with Gasteiger partial charge in [0.25, 0.3) is 0 Å². The van der Waals surface area contributed by atoms with Crippen LogP contribution in [-0.4, -0.2) is 5.78 Å². The van der Waals surface area contributed by atoms with Gasteiger partial charge in [0.2, 0.25) is 0 Å². The van der Waals surface area contributed by atoms with Crippen LogP contribution in [0.1, 0.15) is 46.5 Å². The molecule has 70 valence electrons. The molecule has 12 heavy (non-hydrogen) atoms. The van der Waals surface area contributed by atoms with Crippen molar-refractivity contribution in [1.82, 2.24) is 0 Å². The average Bonchev–Trinajstić information content (AvgIpc) is 2.00. The van der Waals surface area contributed by atoms with Gasteiger partial charge in [0.05, 0.1) is 0 Å². The fourth-order valence-corrected chi connectivity index (χ4v) is 1.10. The van der Waals surface area contributed by atoms with Crippen molar-refractivity contribution in [1.29, 1.82) is 0 Å². The summed E-state index contributed by atoms with van der Waals surface area (Å²) in [4.78, 5) is 10.9. The van der Waals surface area contributed by atoms with Crippen LogP contribution in [0.4, 0.5) is 0 Å². The number of Topliss-reactive ketones (excluding diaryl/α,β-unsaturated/α-hetero) is 1. The highest BCUT2D eigenvalue weighted by molar-refractivity contribution is 5.77. The molecule has 0 aliphatic carbocycles. The van der Waals surface area contributed by atoms with Crippen LogP contribution in [0.5, 0.6) is 0 Å². The summed E-state index contributed by atoms with van der Waals surface area (Å²) in [7, 11) is 0. The Hall–Kier alpha value is -0.590. The molecule has 1 atom stereocenters. The second-order valence-electron chi connectivity index (χ2n) is 3.55. The second kappa shape index (κ2) is 5.99. The van der Waals surface area contributed by atoms with Crippen molar-refractivity contribution < 1.29 is 4.79 Å². The maximum absolute atomic E-state index is 10.9. The Kier molecular flexibility index (Phi) is 5.69. The van der Waals surface area contributed by atoms with E-state index in [1.54, 1.807) is 6.92 Å². The number of carbonyl (C=O) groups is 1. The predicted octanol–water partition coefficient (Wildman–Crippen LogP) is 3.35. The standard InChI is InChI=1S/C11H20O/c1-5-6-9(2)7-8-10(3)11(4)12/h10H,2,5-8H2,1,3-4H3. The zero-order chi connectivity index (χ0) is 9.56. The Balaban J connectivity index is 3.54. The first-order valence-corrected chi connectivity index (χ1v) is 4.75. The first-order valence-electron chi connectivity index (χ1n) is 4.75. The number of carbonyl (C=O) groups excluding carboxylic acids is 1. The molecule has 0 bridgehead atoms. The lowest BCUT2D eigenvalue weighted by Crippen LogP contribution is -2.05. The highest BCUT2D eigenvalue weighted by atomic mass is 16.1. The van der Waals surface area contributed by atoms with Crippen LogP contribution < -0.4 is 0 Å². The van der Waals surface area contributed by atoms with Crippen molar-refractivity contribution in [2.75, 3.05) is 0 Å². The summed E-state index contributed by atoms with van der Waals surface area (Å²) < 4.78 is 0. The zero-order valence-corrected chi connectivity index (χ0v) is 8.52. The first kappa shape index (κ1) is 11.4. The van der Waals surface area contributed by atoms with E-state index in [-0.39, 0.29) is 5.92 Å². The van der Waals surface area contributed by atoms with E-state index in [0.29, 0.717) is 5.78 Å². The molecular weight excluding hydrogens is 148 g/mol. The molecule has 0 N–H and O–H groups in total. The van der Waals surface area contributed by atoms with Crippen LogP contribution in [0.15, 0.2) is 12.2 Å². The molecule has 0 fully saturated rings. The lowest BCUT2D eigenvalue weighted by atomic mass is 9.97. The van der Waals surface area contributed by atoms with Crippen LogP contribution in [0, 0.1) is 5.92 Å². The molecule has 0 spiro atoms. The summed E-state index contributed by atoms with van der Waals surface area (Å²) in [6.45, 7) is 9.76. The van der Waals surface area contributed by atoms with E-state index in [9.17, 15) is 4.79 Å². The fraction of sp³-hybridized carbons (Fsp3) is 0.727. The van der Waals surface area contributed by atoms with Gasteiger partial charge in [0, 0.05) is 5.92 Å². The van der Waals surface area contributed by atoms with Gasteiger partial charge in [-0.3, -0.25) is 4.79 Å². The van der Waals surface area contributed by atoms with E-state index in [4.69, 9.17) is 0 Å². The van der Waals surface area contributed by atoms with Gasteiger partial charge >= 0.3 is 0 Å². The van der Waals surface area contributed by atoms with Crippen LogP contribution in [0.3, 0.4) is 0 Å². The van der Waals surface area contributed by atoms with E-state index in [1.807, 2.05) is 6.92 Å². The number of allylic oxidation sites excluding steroid dienone is 1. The van der Waals surface area contributed by atoms with Gasteiger partial charge in [-0.05, 0) is 26.2 Å². The van der Waals surface area contributed by atoms with Crippen molar-refractivity contribution in [2.45, 2.75) is 46.5 Å². The summed E-state index contributed by atoms with van der Waals surface area (Å²) in [6.07, 6.45) is 4.24. The summed E-state index contributed by atoms with van der Waals surface area (Å²) in [5.41, 5.74) is 1.28. The van der Waals surface area contributed by atoms with Crippen molar-refractivity contribution >= 4 is 5.78 Å². The molecule has 0 aromatic heterocycles. The van der Waals surface area contributed by atoms with E-state index in [1.165, 1.54) is 5.57 Å². The monoisotopic (exact) mass is 168 g/mol. The Bertz CT molecular complexity index is 158. The maximum Gasteiger partial charge on any atom is 0.132 e. The summed E-state index contributed by atoms with van der Waals surface area (Å²) >= 11 is 0. The largest absolute Gasteiger partial charge is 0.300 e. The lowest BCUT2D eigenvalue weighted by Gasteiger charge is -2.08. The van der Waals surface area contributed by atoms with E-state index in [0.717, 1.165) is 25.7 Å².